The molecule has 5 heteroatoms. The number of benzene rings is 1. The van der Waals surface area contributed by atoms with E-state index in [4.69, 9.17) is 9.47 Å². The molecule has 1 aliphatic rings. The summed E-state index contributed by atoms with van der Waals surface area (Å²) in [6, 6.07) is 10.5. The van der Waals surface area contributed by atoms with Gasteiger partial charge in [-0.3, -0.25) is 14.5 Å². The quantitative estimate of drug-likeness (QED) is 0.498. The molecule has 1 aromatic rings. The summed E-state index contributed by atoms with van der Waals surface area (Å²) >= 11 is 0. The first-order valence-electron chi connectivity index (χ1n) is 9.73. The molecule has 0 saturated carbocycles. The summed E-state index contributed by atoms with van der Waals surface area (Å²) in [5, 5.41) is 0. The van der Waals surface area contributed by atoms with E-state index >= 15 is 0 Å². The third-order valence-electron chi connectivity index (χ3n) is 4.86. The second-order valence-corrected chi connectivity index (χ2v) is 6.86. The highest BCUT2D eigenvalue weighted by Gasteiger charge is 2.31. The summed E-state index contributed by atoms with van der Waals surface area (Å²) in [6.45, 7) is 7.13. The van der Waals surface area contributed by atoms with Crippen LogP contribution < -0.4 is 0 Å². The van der Waals surface area contributed by atoms with Crippen molar-refractivity contribution in [2.45, 2.75) is 46.1 Å². The van der Waals surface area contributed by atoms with E-state index in [1.54, 1.807) is 13.8 Å². The van der Waals surface area contributed by atoms with Crippen LogP contribution in [0.3, 0.4) is 0 Å². The first-order chi connectivity index (χ1) is 12.6. The van der Waals surface area contributed by atoms with Gasteiger partial charge in [-0.1, -0.05) is 30.3 Å². The normalized spacial score (nSPS) is 17.9. The number of esters is 2. The van der Waals surface area contributed by atoms with Crippen LogP contribution in [0.2, 0.25) is 0 Å². The molecule has 2 rings (SSSR count). The van der Waals surface area contributed by atoms with Crippen molar-refractivity contribution in [2.75, 3.05) is 26.3 Å². The molecule has 26 heavy (non-hydrogen) atoms. The fraction of sp³-hybridized carbons (Fsp3) is 0.619. The molecule has 1 saturated heterocycles. The molecule has 0 N–H and O–H groups in total. The van der Waals surface area contributed by atoms with Gasteiger partial charge >= 0.3 is 11.9 Å². The van der Waals surface area contributed by atoms with Gasteiger partial charge < -0.3 is 9.47 Å². The van der Waals surface area contributed by atoms with Crippen molar-refractivity contribution in [3.63, 3.8) is 0 Å². The van der Waals surface area contributed by atoms with Crippen molar-refractivity contribution in [1.29, 1.82) is 0 Å². The largest absolute Gasteiger partial charge is 0.465 e. The molecule has 5 nitrogen and oxygen atoms in total. The maximum Gasteiger partial charge on any atom is 0.320 e. The van der Waals surface area contributed by atoms with E-state index in [2.05, 4.69) is 29.2 Å². The Bertz CT molecular complexity index is 542. The maximum absolute atomic E-state index is 12.1. The molecule has 1 unspecified atom stereocenters. The zero-order valence-corrected chi connectivity index (χ0v) is 16.0. The van der Waals surface area contributed by atoms with Crippen LogP contribution in [-0.4, -0.2) is 43.1 Å². The van der Waals surface area contributed by atoms with Gasteiger partial charge in [0.05, 0.1) is 13.2 Å². The fourth-order valence-electron chi connectivity index (χ4n) is 3.59. The van der Waals surface area contributed by atoms with Gasteiger partial charge in [-0.05, 0) is 57.6 Å². The van der Waals surface area contributed by atoms with Gasteiger partial charge in [-0.25, -0.2) is 0 Å². The highest BCUT2D eigenvalue weighted by atomic mass is 16.6. The number of carbonyl (C=O) groups is 2. The second kappa shape index (κ2) is 11.0. The molecule has 1 fully saturated rings. The first-order valence-corrected chi connectivity index (χ1v) is 9.73. The van der Waals surface area contributed by atoms with E-state index in [-0.39, 0.29) is 13.2 Å². The minimum absolute atomic E-state index is 0.281. The lowest BCUT2D eigenvalue weighted by atomic mass is 9.89. The molecule has 0 aromatic heterocycles. The van der Waals surface area contributed by atoms with Crippen LogP contribution in [0.15, 0.2) is 30.3 Å². The first kappa shape index (κ1) is 20.4. The summed E-state index contributed by atoms with van der Waals surface area (Å²) in [7, 11) is 0. The summed E-state index contributed by atoms with van der Waals surface area (Å²) in [5.41, 5.74) is 1.32. The predicted molar refractivity (Wildman–Crippen MR) is 100 cm³/mol. The Kier molecular flexibility index (Phi) is 8.62. The monoisotopic (exact) mass is 361 g/mol. The standard InChI is InChI=1S/C21H31NO4/c1-3-25-20(23)19(21(24)26-4-2)13-12-18-11-8-14-22(16-18)15-17-9-6-5-7-10-17/h5-7,9-10,18-19H,3-4,8,11-16H2,1-2H3. The number of carbonyl (C=O) groups excluding carboxylic acids is 2. The van der Waals surface area contributed by atoms with Crippen LogP contribution in [-0.2, 0) is 25.6 Å². The molecule has 1 atom stereocenters. The summed E-state index contributed by atoms with van der Waals surface area (Å²) in [4.78, 5) is 26.7. The van der Waals surface area contributed by atoms with Crippen LogP contribution in [0.4, 0.5) is 0 Å². The number of hydrogen-bond acceptors (Lipinski definition) is 5. The van der Waals surface area contributed by atoms with Gasteiger partial charge in [0.25, 0.3) is 0 Å². The molecule has 0 bridgehead atoms. The third kappa shape index (κ3) is 6.45. The van der Waals surface area contributed by atoms with E-state index in [9.17, 15) is 9.59 Å². The molecule has 0 amide bonds. The number of likely N-dealkylation sites (tertiary alicyclic amines) is 1. The Labute approximate surface area is 156 Å². The van der Waals surface area contributed by atoms with E-state index < -0.39 is 17.9 Å². The van der Waals surface area contributed by atoms with Crippen LogP contribution in [0.5, 0.6) is 0 Å². The van der Waals surface area contributed by atoms with Crippen molar-refractivity contribution in [1.82, 2.24) is 4.90 Å². The Morgan fingerprint density at radius 2 is 1.77 bits per heavy atom. The molecule has 0 spiro atoms. The molecule has 1 aromatic carbocycles. The lowest BCUT2D eigenvalue weighted by Crippen LogP contribution is -2.36. The number of piperidine rings is 1. The van der Waals surface area contributed by atoms with Gasteiger partial charge in [-0.15, -0.1) is 0 Å². The summed E-state index contributed by atoms with van der Waals surface area (Å²) in [6.07, 6.45) is 3.64. The van der Waals surface area contributed by atoms with Crippen molar-refractivity contribution in [3.8, 4) is 0 Å². The number of hydrogen-bond donors (Lipinski definition) is 0. The predicted octanol–water partition coefficient (Wildman–Crippen LogP) is 3.42. The lowest BCUT2D eigenvalue weighted by Gasteiger charge is -2.33. The average Bonchev–Trinajstić information content (AvgIpc) is 2.63. The van der Waals surface area contributed by atoms with Crippen LogP contribution in [0.1, 0.15) is 45.1 Å². The van der Waals surface area contributed by atoms with Crippen molar-refractivity contribution in [3.05, 3.63) is 35.9 Å². The number of rotatable bonds is 9. The van der Waals surface area contributed by atoms with Crippen LogP contribution in [0.25, 0.3) is 0 Å². The van der Waals surface area contributed by atoms with Gasteiger partial charge in [0.1, 0.15) is 0 Å². The van der Waals surface area contributed by atoms with E-state index in [0.29, 0.717) is 12.3 Å². The highest BCUT2D eigenvalue weighted by molar-refractivity contribution is 5.94. The van der Waals surface area contributed by atoms with E-state index in [1.165, 1.54) is 5.56 Å². The summed E-state index contributed by atoms with van der Waals surface area (Å²) in [5.74, 6) is -1.20. The minimum atomic E-state index is -0.792. The molecule has 1 aliphatic heterocycles. The van der Waals surface area contributed by atoms with E-state index in [0.717, 1.165) is 38.9 Å². The minimum Gasteiger partial charge on any atom is -0.465 e. The van der Waals surface area contributed by atoms with Gasteiger partial charge in [0.2, 0.25) is 0 Å². The van der Waals surface area contributed by atoms with Crippen molar-refractivity contribution < 1.29 is 19.1 Å². The van der Waals surface area contributed by atoms with E-state index in [1.807, 2.05) is 6.07 Å². The zero-order chi connectivity index (χ0) is 18.8. The lowest BCUT2D eigenvalue weighted by molar-refractivity contribution is -0.162. The molecular weight excluding hydrogens is 330 g/mol. The third-order valence-corrected chi connectivity index (χ3v) is 4.86. The topological polar surface area (TPSA) is 55.8 Å². The average molecular weight is 361 g/mol. The second-order valence-electron chi connectivity index (χ2n) is 6.86. The molecule has 0 aliphatic carbocycles. The molecule has 1 heterocycles. The van der Waals surface area contributed by atoms with Crippen LogP contribution >= 0.6 is 0 Å². The molecule has 144 valence electrons. The van der Waals surface area contributed by atoms with Crippen molar-refractivity contribution >= 4 is 11.9 Å². The van der Waals surface area contributed by atoms with Gasteiger partial charge in [-0.2, -0.15) is 0 Å². The molecule has 0 radical (unpaired) electrons. The smallest absolute Gasteiger partial charge is 0.320 e. The Morgan fingerprint density at radius 1 is 1.12 bits per heavy atom. The Hall–Kier alpha value is -1.88. The summed E-state index contributed by atoms with van der Waals surface area (Å²) < 4.78 is 10.1. The molecular formula is C21H31NO4. The number of ether oxygens (including phenoxy) is 2. The Morgan fingerprint density at radius 3 is 2.38 bits per heavy atom. The van der Waals surface area contributed by atoms with Crippen LogP contribution in [0, 0.1) is 11.8 Å². The zero-order valence-electron chi connectivity index (χ0n) is 16.0. The number of nitrogens with zero attached hydrogens (tertiary/aromatic N) is 1. The van der Waals surface area contributed by atoms with Gasteiger partial charge in [0, 0.05) is 13.1 Å². The fourth-order valence-corrected chi connectivity index (χ4v) is 3.59. The van der Waals surface area contributed by atoms with Gasteiger partial charge in [0.15, 0.2) is 5.92 Å². The SMILES string of the molecule is CCOC(=O)C(CCC1CCCN(Cc2ccccc2)C1)C(=O)OCC. The maximum atomic E-state index is 12.1. The van der Waals surface area contributed by atoms with Crippen molar-refractivity contribution in [2.24, 2.45) is 11.8 Å². The highest BCUT2D eigenvalue weighted by Crippen LogP contribution is 2.25. The Balaban J connectivity index is 1.87.